The van der Waals surface area contributed by atoms with Gasteiger partial charge < -0.3 is 10.8 Å². The molecule has 0 spiro atoms. The Morgan fingerprint density at radius 1 is 1.28 bits per heavy atom. The summed E-state index contributed by atoms with van der Waals surface area (Å²) in [6, 6.07) is 5.54. The van der Waals surface area contributed by atoms with Crippen molar-refractivity contribution < 1.29 is 5.11 Å². The molecular weight excluding hydrogens is 226 g/mol. The zero-order chi connectivity index (χ0) is 13.1. The summed E-state index contributed by atoms with van der Waals surface area (Å²) in [4.78, 5) is 8.61. The van der Waals surface area contributed by atoms with E-state index in [1.807, 2.05) is 32.0 Å². The molecule has 3 N–H and O–H groups in total. The predicted octanol–water partition coefficient (Wildman–Crippen LogP) is 1.75. The molecule has 0 fully saturated rings. The van der Waals surface area contributed by atoms with E-state index in [-0.39, 0.29) is 12.6 Å². The predicted molar refractivity (Wildman–Crippen MR) is 71.0 cm³/mol. The van der Waals surface area contributed by atoms with Gasteiger partial charge in [0.2, 0.25) is 0 Å². The first-order valence-corrected chi connectivity index (χ1v) is 5.88. The van der Waals surface area contributed by atoms with E-state index in [2.05, 4.69) is 9.97 Å². The molecule has 0 aliphatic heterocycles. The second-order valence-electron chi connectivity index (χ2n) is 4.41. The van der Waals surface area contributed by atoms with Crippen LogP contribution >= 0.6 is 0 Å². The van der Waals surface area contributed by atoms with Crippen LogP contribution in [0.5, 0.6) is 0 Å². The molecule has 2 aromatic heterocycles. The summed E-state index contributed by atoms with van der Waals surface area (Å²) in [6.45, 7) is 3.87. The Morgan fingerprint density at radius 3 is 2.67 bits per heavy atom. The van der Waals surface area contributed by atoms with Crippen LogP contribution in [0.3, 0.4) is 0 Å². The molecule has 4 nitrogen and oxygen atoms in total. The number of hydrogen-bond acceptors (Lipinski definition) is 4. The van der Waals surface area contributed by atoms with Crippen molar-refractivity contribution in [1.82, 2.24) is 9.97 Å². The van der Waals surface area contributed by atoms with Crippen molar-refractivity contribution in [1.29, 1.82) is 0 Å². The molecule has 4 heteroatoms. The highest BCUT2D eigenvalue weighted by Crippen LogP contribution is 2.23. The lowest BCUT2D eigenvalue weighted by atomic mass is 10.0. The zero-order valence-electron chi connectivity index (χ0n) is 10.6. The smallest absolute Gasteiger partial charge is 0.0732 e. The fourth-order valence-corrected chi connectivity index (χ4v) is 1.90. The number of nitrogens with zero attached hydrogens (tertiary/aromatic N) is 2. The topological polar surface area (TPSA) is 72.0 Å². The summed E-state index contributed by atoms with van der Waals surface area (Å²) in [5, 5.41) is 9.04. The number of aliphatic hydroxyl groups is 1. The normalized spacial score (nSPS) is 12.4. The highest BCUT2D eigenvalue weighted by molar-refractivity contribution is 5.63. The highest BCUT2D eigenvalue weighted by atomic mass is 16.3. The molecule has 2 heterocycles. The number of pyridine rings is 2. The van der Waals surface area contributed by atoms with Crippen molar-refractivity contribution in [3.05, 3.63) is 47.4 Å². The van der Waals surface area contributed by atoms with E-state index in [0.717, 1.165) is 28.1 Å². The van der Waals surface area contributed by atoms with Crippen LogP contribution < -0.4 is 5.73 Å². The summed E-state index contributed by atoms with van der Waals surface area (Å²) < 4.78 is 0. The average Bonchev–Trinajstić information content (AvgIpc) is 2.37. The van der Waals surface area contributed by atoms with Gasteiger partial charge in [0.1, 0.15) is 0 Å². The molecule has 2 rings (SSSR count). The maximum absolute atomic E-state index is 9.04. The Kier molecular flexibility index (Phi) is 3.69. The Balaban J connectivity index is 2.41. The van der Waals surface area contributed by atoms with E-state index in [4.69, 9.17) is 10.8 Å². The van der Waals surface area contributed by atoms with E-state index in [0.29, 0.717) is 0 Å². The molecule has 2 aromatic rings. The minimum atomic E-state index is -0.371. The van der Waals surface area contributed by atoms with Gasteiger partial charge in [0.05, 0.1) is 18.3 Å². The first kappa shape index (κ1) is 12.7. The highest BCUT2D eigenvalue weighted by Gasteiger charge is 2.09. The first-order valence-electron chi connectivity index (χ1n) is 5.88. The molecule has 18 heavy (non-hydrogen) atoms. The van der Waals surface area contributed by atoms with Gasteiger partial charge in [0, 0.05) is 23.7 Å². The summed E-state index contributed by atoms with van der Waals surface area (Å²) in [6.07, 6.45) is 3.50. The molecule has 0 aromatic carbocycles. The van der Waals surface area contributed by atoms with Crippen LogP contribution in [0.25, 0.3) is 11.3 Å². The van der Waals surface area contributed by atoms with Crippen molar-refractivity contribution >= 4 is 0 Å². The van der Waals surface area contributed by atoms with Gasteiger partial charge in [-0.05, 0) is 37.1 Å². The number of hydrogen-bond donors (Lipinski definition) is 2. The minimum absolute atomic E-state index is 0.0746. The lowest BCUT2D eigenvalue weighted by Gasteiger charge is -2.11. The Labute approximate surface area is 107 Å². The van der Waals surface area contributed by atoms with Gasteiger partial charge in [-0.2, -0.15) is 0 Å². The van der Waals surface area contributed by atoms with Gasteiger partial charge in [-0.3, -0.25) is 9.97 Å². The standard InChI is InChI=1S/C14H17N3O/c1-9-5-12(13(15)8-18)7-17-14(9)11-3-4-16-10(2)6-11/h3-7,13,18H,8,15H2,1-2H3. The van der Waals surface area contributed by atoms with E-state index < -0.39 is 0 Å². The van der Waals surface area contributed by atoms with Gasteiger partial charge in [0.25, 0.3) is 0 Å². The second-order valence-corrected chi connectivity index (χ2v) is 4.41. The molecule has 0 saturated carbocycles. The Morgan fingerprint density at radius 2 is 2.06 bits per heavy atom. The van der Waals surface area contributed by atoms with Crippen molar-refractivity contribution in [2.75, 3.05) is 6.61 Å². The molecule has 94 valence electrons. The van der Waals surface area contributed by atoms with Crippen LogP contribution in [-0.2, 0) is 0 Å². The molecule has 0 saturated heterocycles. The fourth-order valence-electron chi connectivity index (χ4n) is 1.90. The Bertz CT molecular complexity index is 554. The fraction of sp³-hybridized carbons (Fsp3) is 0.286. The first-order chi connectivity index (χ1) is 8.61. The van der Waals surface area contributed by atoms with Crippen LogP contribution in [0.2, 0.25) is 0 Å². The van der Waals surface area contributed by atoms with E-state index in [1.54, 1.807) is 12.4 Å². The van der Waals surface area contributed by atoms with Gasteiger partial charge in [-0.1, -0.05) is 6.07 Å². The number of aliphatic hydroxyl groups excluding tert-OH is 1. The molecule has 0 amide bonds. The molecule has 0 radical (unpaired) electrons. The zero-order valence-corrected chi connectivity index (χ0v) is 10.6. The average molecular weight is 243 g/mol. The number of aryl methyl sites for hydroxylation is 2. The third kappa shape index (κ3) is 2.55. The van der Waals surface area contributed by atoms with Crippen molar-refractivity contribution in [3.8, 4) is 11.3 Å². The summed E-state index contributed by atoms with van der Waals surface area (Å²) >= 11 is 0. The molecular formula is C14H17N3O. The van der Waals surface area contributed by atoms with Crippen molar-refractivity contribution in [3.63, 3.8) is 0 Å². The van der Waals surface area contributed by atoms with Gasteiger partial charge in [0.15, 0.2) is 0 Å². The van der Waals surface area contributed by atoms with Gasteiger partial charge >= 0.3 is 0 Å². The largest absolute Gasteiger partial charge is 0.394 e. The lowest BCUT2D eigenvalue weighted by Crippen LogP contribution is -2.15. The summed E-state index contributed by atoms with van der Waals surface area (Å²) in [7, 11) is 0. The lowest BCUT2D eigenvalue weighted by molar-refractivity contribution is 0.268. The van der Waals surface area contributed by atoms with Crippen LogP contribution in [0.1, 0.15) is 22.9 Å². The third-order valence-corrected chi connectivity index (χ3v) is 2.89. The van der Waals surface area contributed by atoms with Crippen LogP contribution in [0.15, 0.2) is 30.6 Å². The van der Waals surface area contributed by atoms with Crippen molar-refractivity contribution in [2.45, 2.75) is 19.9 Å². The molecule has 1 unspecified atom stereocenters. The monoisotopic (exact) mass is 243 g/mol. The van der Waals surface area contributed by atoms with Gasteiger partial charge in [-0.25, -0.2) is 0 Å². The third-order valence-electron chi connectivity index (χ3n) is 2.89. The molecule has 0 bridgehead atoms. The van der Waals surface area contributed by atoms with E-state index in [9.17, 15) is 0 Å². The van der Waals surface area contributed by atoms with Crippen LogP contribution in [0.4, 0.5) is 0 Å². The maximum Gasteiger partial charge on any atom is 0.0732 e. The number of aromatic nitrogens is 2. The molecule has 0 aliphatic carbocycles. The van der Waals surface area contributed by atoms with Gasteiger partial charge in [-0.15, -0.1) is 0 Å². The van der Waals surface area contributed by atoms with E-state index in [1.165, 1.54) is 0 Å². The van der Waals surface area contributed by atoms with Crippen LogP contribution in [-0.4, -0.2) is 21.7 Å². The molecule has 0 aliphatic rings. The second kappa shape index (κ2) is 5.25. The minimum Gasteiger partial charge on any atom is -0.394 e. The number of rotatable bonds is 3. The van der Waals surface area contributed by atoms with E-state index >= 15 is 0 Å². The maximum atomic E-state index is 9.04. The summed E-state index contributed by atoms with van der Waals surface area (Å²) in [5.41, 5.74) is 10.6. The quantitative estimate of drug-likeness (QED) is 0.861. The molecule has 1 atom stereocenters. The Hall–Kier alpha value is -1.78. The van der Waals surface area contributed by atoms with Crippen LogP contribution in [0, 0.1) is 13.8 Å². The number of nitrogens with two attached hydrogens (primary N) is 1. The summed E-state index contributed by atoms with van der Waals surface area (Å²) in [5.74, 6) is 0. The van der Waals surface area contributed by atoms with Crippen molar-refractivity contribution in [2.24, 2.45) is 5.73 Å². The SMILES string of the molecule is Cc1cc(-c2ncc(C(N)CO)cc2C)ccn1.